The molecule has 3 rings (SSSR count). The molecule has 1 atom stereocenters. The van der Waals surface area contributed by atoms with Crippen LogP contribution < -0.4 is 14.8 Å². The quantitative estimate of drug-likeness (QED) is 0.713. The molecule has 3 nitrogen and oxygen atoms in total. The zero-order valence-corrected chi connectivity index (χ0v) is 14.4. The fraction of sp³-hybridized carbons (Fsp3) is 0.238. The molecule has 0 saturated heterocycles. The molecule has 124 valence electrons. The van der Waals surface area contributed by atoms with Gasteiger partial charge in [0.1, 0.15) is 11.5 Å². The van der Waals surface area contributed by atoms with E-state index in [0.29, 0.717) is 0 Å². The lowest BCUT2D eigenvalue weighted by Gasteiger charge is -2.17. The zero-order valence-electron chi connectivity index (χ0n) is 14.4. The number of benzene rings is 3. The minimum absolute atomic E-state index is 0.244. The van der Waals surface area contributed by atoms with Crippen LogP contribution in [-0.2, 0) is 6.54 Å². The maximum Gasteiger partial charge on any atom is 0.122 e. The molecular weight excluding hydrogens is 298 g/mol. The van der Waals surface area contributed by atoms with Crippen molar-refractivity contribution in [3.8, 4) is 11.5 Å². The van der Waals surface area contributed by atoms with Crippen LogP contribution in [0.1, 0.15) is 24.1 Å². The van der Waals surface area contributed by atoms with Crippen LogP contribution in [-0.4, -0.2) is 14.2 Å². The summed E-state index contributed by atoms with van der Waals surface area (Å²) >= 11 is 0. The molecular formula is C21H23NO2. The molecule has 0 spiro atoms. The van der Waals surface area contributed by atoms with E-state index in [-0.39, 0.29) is 6.04 Å². The van der Waals surface area contributed by atoms with Crippen molar-refractivity contribution in [1.29, 1.82) is 0 Å². The SMILES string of the molecule is COc1cc(CN[C@H](C)c2cccc3ccccc23)cc(OC)c1. The number of rotatable bonds is 6. The summed E-state index contributed by atoms with van der Waals surface area (Å²) in [7, 11) is 3.34. The van der Waals surface area contributed by atoms with Crippen molar-refractivity contribution in [3.63, 3.8) is 0 Å². The van der Waals surface area contributed by atoms with Gasteiger partial charge in [-0.3, -0.25) is 0 Å². The van der Waals surface area contributed by atoms with Crippen molar-refractivity contribution in [3.05, 3.63) is 71.8 Å². The first-order chi connectivity index (χ1) is 11.7. The smallest absolute Gasteiger partial charge is 0.122 e. The molecule has 0 radical (unpaired) electrons. The minimum atomic E-state index is 0.244. The van der Waals surface area contributed by atoms with E-state index in [0.717, 1.165) is 23.6 Å². The standard InChI is InChI=1S/C21H23NO2/c1-15(20-10-6-8-17-7-4-5-9-21(17)20)22-14-16-11-18(23-2)13-19(12-16)24-3/h4-13,15,22H,14H2,1-3H3/t15-/m1/s1. The fourth-order valence-corrected chi connectivity index (χ4v) is 2.98. The number of methoxy groups -OCH3 is 2. The summed E-state index contributed by atoms with van der Waals surface area (Å²) in [6.07, 6.45) is 0. The minimum Gasteiger partial charge on any atom is -0.497 e. The Morgan fingerprint density at radius 1 is 0.875 bits per heavy atom. The Bertz CT molecular complexity index is 801. The van der Waals surface area contributed by atoms with E-state index in [9.17, 15) is 0 Å². The summed E-state index contributed by atoms with van der Waals surface area (Å²) in [6.45, 7) is 2.94. The van der Waals surface area contributed by atoms with Crippen LogP contribution in [0.4, 0.5) is 0 Å². The number of fused-ring (bicyclic) bond motifs is 1. The predicted molar refractivity (Wildman–Crippen MR) is 98.7 cm³/mol. The number of ether oxygens (including phenoxy) is 2. The Balaban J connectivity index is 1.79. The molecule has 0 saturated carbocycles. The lowest BCUT2D eigenvalue weighted by molar-refractivity contribution is 0.393. The van der Waals surface area contributed by atoms with Gasteiger partial charge in [-0.2, -0.15) is 0 Å². The van der Waals surface area contributed by atoms with E-state index < -0.39 is 0 Å². The highest BCUT2D eigenvalue weighted by molar-refractivity contribution is 5.86. The zero-order chi connectivity index (χ0) is 16.9. The number of nitrogens with one attached hydrogen (secondary N) is 1. The van der Waals surface area contributed by atoms with Crippen molar-refractivity contribution < 1.29 is 9.47 Å². The molecule has 0 unspecified atom stereocenters. The molecule has 0 bridgehead atoms. The summed E-state index contributed by atoms with van der Waals surface area (Å²) in [4.78, 5) is 0. The van der Waals surface area contributed by atoms with E-state index >= 15 is 0 Å². The Kier molecular flexibility index (Phi) is 5.02. The Morgan fingerprint density at radius 2 is 1.54 bits per heavy atom. The van der Waals surface area contributed by atoms with E-state index in [1.54, 1.807) is 14.2 Å². The Morgan fingerprint density at radius 3 is 2.25 bits per heavy atom. The van der Waals surface area contributed by atoms with E-state index in [1.165, 1.54) is 16.3 Å². The van der Waals surface area contributed by atoms with E-state index in [1.807, 2.05) is 18.2 Å². The van der Waals surface area contributed by atoms with Gasteiger partial charge >= 0.3 is 0 Å². The topological polar surface area (TPSA) is 30.5 Å². The molecule has 0 aliphatic rings. The van der Waals surface area contributed by atoms with Crippen LogP contribution in [0.25, 0.3) is 10.8 Å². The number of hydrogen-bond acceptors (Lipinski definition) is 3. The summed E-state index contributed by atoms with van der Waals surface area (Å²) in [6, 6.07) is 21.1. The van der Waals surface area contributed by atoms with Gasteiger partial charge in [-0.25, -0.2) is 0 Å². The van der Waals surface area contributed by atoms with Gasteiger partial charge in [0, 0.05) is 18.7 Å². The molecule has 24 heavy (non-hydrogen) atoms. The van der Waals surface area contributed by atoms with Crippen molar-refractivity contribution in [2.24, 2.45) is 0 Å². The lowest BCUT2D eigenvalue weighted by atomic mass is 9.99. The molecule has 0 aliphatic heterocycles. The summed E-state index contributed by atoms with van der Waals surface area (Å²) in [5.41, 5.74) is 2.45. The highest BCUT2D eigenvalue weighted by Gasteiger charge is 2.09. The van der Waals surface area contributed by atoms with Crippen molar-refractivity contribution in [2.75, 3.05) is 14.2 Å². The van der Waals surface area contributed by atoms with Crippen molar-refractivity contribution in [2.45, 2.75) is 19.5 Å². The van der Waals surface area contributed by atoms with Crippen LogP contribution in [0.15, 0.2) is 60.7 Å². The molecule has 0 aliphatic carbocycles. The molecule has 0 aromatic heterocycles. The first kappa shape index (κ1) is 16.3. The highest BCUT2D eigenvalue weighted by atomic mass is 16.5. The highest BCUT2D eigenvalue weighted by Crippen LogP contribution is 2.26. The monoisotopic (exact) mass is 321 g/mol. The third kappa shape index (κ3) is 3.52. The van der Waals surface area contributed by atoms with Gasteiger partial charge in [0.2, 0.25) is 0 Å². The third-order valence-corrected chi connectivity index (χ3v) is 4.31. The van der Waals surface area contributed by atoms with Gasteiger partial charge in [-0.05, 0) is 41.0 Å². The normalized spacial score (nSPS) is 12.1. The first-order valence-electron chi connectivity index (χ1n) is 8.14. The van der Waals surface area contributed by atoms with Crippen LogP contribution in [0.3, 0.4) is 0 Å². The van der Waals surface area contributed by atoms with Gasteiger partial charge in [0.15, 0.2) is 0 Å². The lowest BCUT2D eigenvalue weighted by Crippen LogP contribution is -2.18. The maximum atomic E-state index is 5.34. The van der Waals surface area contributed by atoms with Gasteiger partial charge in [-0.1, -0.05) is 42.5 Å². The molecule has 3 heteroatoms. The van der Waals surface area contributed by atoms with Crippen LogP contribution in [0.2, 0.25) is 0 Å². The molecule has 3 aromatic carbocycles. The summed E-state index contributed by atoms with van der Waals surface area (Å²) in [5.74, 6) is 1.62. The van der Waals surface area contributed by atoms with Gasteiger partial charge < -0.3 is 14.8 Å². The van der Waals surface area contributed by atoms with Gasteiger partial charge in [-0.15, -0.1) is 0 Å². The average molecular weight is 321 g/mol. The second kappa shape index (κ2) is 7.37. The number of hydrogen-bond donors (Lipinski definition) is 1. The summed E-state index contributed by atoms with van der Waals surface area (Å²) in [5, 5.41) is 6.16. The van der Waals surface area contributed by atoms with E-state index in [2.05, 4.69) is 54.7 Å². The van der Waals surface area contributed by atoms with Crippen LogP contribution in [0.5, 0.6) is 11.5 Å². The Labute approximate surface area is 143 Å². The molecule has 0 amide bonds. The average Bonchev–Trinajstić information content (AvgIpc) is 2.65. The van der Waals surface area contributed by atoms with Crippen molar-refractivity contribution in [1.82, 2.24) is 5.32 Å². The molecule has 0 heterocycles. The largest absolute Gasteiger partial charge is 0.497 e. The van der Waals surface area contributed by atoms with Gasteiger partial charge in [0.25, 0.3) is 0 Å². The molecule has 1 N–H and O–H groups in total. The Hall–Kier alpha value is -2.52. The second-order valence-corrected chi connectivity index (χ2v) is 5.89. The second-order valence-electron chi connectivity index (χ2n) is 5.89. The summed E-state index contributed by atoms with van der Waals surface area (Å²) < 4.78 is 10.7. The third-order valence-electron chi connectivity index (χ3n) is 4.31. The predicted octanol–water partition coefficient (Wildman–Crippen LogP) is 4.71. The first-order valence-corrected chi connectivity index (χ1v) is 8.14. The van der Waals surface area contributed by atoms with Gasteiger partial charge in [0.05, 0.1) is 14.2 Å². The van der Waals surface area contributed by atoms with Crippen LogP contribution in [0, 0.1) is 0 Å². The van der Waals surface area contributed by atoms with E-state index in [4.69, 9.17) is 9.47 Å². The van der Waals surface area contributed by atoms with Crippen LogP contribution >= 0.6 is 0 Å². The molecule has 0 fully saturated rings. The maximum absolute atomic E-state index is 5.34. The molecule has 3 aromatic rings. The fourth-order valence-electron chi connectivity index (χ4n) is 2.98. The van der Waals surface area contributed by atoms with Crippen molar-refractivity contribution >= 4 is 10.8 Å².